The van der Waals surface area contributed by atoms with Crippen molar-refractivity contribution in [2.75, 3.05) is 31.1 Å². The zero-order valence-corrected chi connectivity index (χ0v) is 14.1. The van der Waals surface area contributed by atoms with E-state index in [1.165, 1.54) is 11.0 Å². The summed E-state index contributed by atoms with van der Waals surface area (Å²) in [4.78, 5) is 14.7. The van der Waals surface area contributed by atoms with Gasteiger partial charge in [-0.15, -0.1) is 0 Å². The van der Waals surface area contributed by atoms with E-state index in [0.717, 1.165) is 10.5 Å². The molecule has 0 atom stereocenters. The summed E-state index contributed by atoms with van der Waals surface area (Å²) in [7, 11) is 0. The minimum atomic E-state index is -2.19. The highest BCUT2D eigenvalue weighted by Gasteiger charge is 2.31. The van der Waals surface area contributed by atoms with E-state index in [4.69, 9.17) is 0 Å². The maximum absolute atomic E-state index is 13.9. The highest BCUT2D eigenvalue weighted by Crippen LogP contribution is 2.30. The second-order valence-electron chi connectivity index (χ2n) is 5.97. The molecule has 0 spiro atoms. The summed E-state index contributed by atoms with van der Waals surface area (Å²) >= 11 is 0. The van der Waals surface area contributed by atoms with Gasteiger partial charge in [-0.2, -0.15) is 0 Å². The van der Waals surface area contributed by atoms with Gasteiger partial charge in [0.15, 0.2) is 23.3 Å². The first kappa shape index (κ1) is 18.9. The summed E-state index contributed by atoms with van der Waals surface area (Å²) in [5.74, 6) is -10.2. The first-order valence-corrected chi connectivity index (χ1v) is 8.18. The molecular formula is C19H15F5N2O. The number of hydrogen-bond donors (Lipinski definition) is 0. The summed E-state index contributed by atoms with van der Waals surface area (Å²) < 4.78 is 67.7. The Balaban J connectivity index is 1.69. The lowest BCUT2D eigenvalue weighted by atomic mass is 10.2. The van der Waals surface area contributed by atoms with Crippen LogP contribution in [0.15, 0.2) is 36.4 Å². The third-order valence-electron chi connectivity index (χ3n) is 4.31. The van der Waals surface area contributed by atoms with E-state index in [0.29, 0.717) is 0 Å². The van der Waals surface area contributed by atoms with Crippen molar-refractivity contribution in [2.45, 2.75) is 0 Å². The maximum atomic E-state index is 13.9. The molecule has 0 unspecified atom stereocenters. The fourth-order valence-corrected chi connectivity index (χ4v) is 2.86. The number of carbonyl (C=O) groups excluding carboxylic acids is 1. The normalized spacial score (nSPS) is 14.9. The van der Waals surface area contributed by atoms with Crippen LogP contribution in [0.1, 0.15) is 5.56 Å². The van der Waals surface area contributed by atoms with Crippen LogP contribution >= 0.6 is 0 Å². The Morgan fingerprint density at radius 2 is 1.30 bits per heavy atom. The number of rotatable bonds is 3. The highest BCUT2D eigenvalue weighted by atomic mass is 19.2. The van der Waals surface area contributed by atoms with Gasteiger partial charge in [0.2, 0.25) is 11.7 Å². The number of carbonyl (C=O) groups is 1. The Morgan fingerprint density at radius 1 is 0.778 bits per heavy atom. The Bertz CT molecular complexity index is 848. The largest absolute Gasteiger partial charge is 0.363 e. The number of benzene rings is 2. The summed E-state index contributed by atoms with van der Waals surface area (Å²) in [6.45, 7) is 0.0848. The van der Waals surface area contributed by atoms with Crippen LogP contribution in [0.3, 0.4) is 0 Å². The molecule has 27 heavy (non-hydrogen) atoms. The van der Waals surface area contributed by atoms with Crippen LogP contribution in [0.2, 0.25) is 0 Å². The molecule has 1 aliphatic rings. The Kier molecular flexibility index (Phi) is 5.43. The van der Waals surface area contributed by atoms with Gasteiger partial charge in [0.1, 0.15) is 5.69 Å². The standard InChI is InChI=1S/C19H15F5N2O/c20-14-15(21)17(23)19(18(24)16(14)22)26-10-8-25(9-11-26)13(27)7-6-12-4-2-1-3-5-12/h1-7H,8-11H2/b7-6+. The average Bonchev–Trinajstić information content (AvgIpc) is 2.70. The first-order chi connectivity index (χ1) is 12.9. The topological polar surface area (TPSA) is 23.6 Å². The third kappa shape index (κ3) is 3.79. The molecule has 2 aromatic carbocycles. The van der Waals surface area contributed by atoms with Gasteiger partial charge in [0.25, 0.3) is 0 Å². The molecule has 3 rings (SSSR count). The number of piperazine rings is 1. The van der Waals surface area contributed by atoms with Crippen LogP contribution in [0.4, 0.5) is 27.6 Å². The highest BCUT2D eigenvalue weighted by molar-refractivity contribution is 5.92. The van der Waals surface area contributed by atoms with Crippen LogP contribution in [0, 0.1) is 29.1 Å². The Hall–Kier alpha value is -2.90. The zero-order valence-electron chi connectivity index (χ0n) is 14.1. The van der Waals surface area contributed by atoms with E-state index >= 15 is 0 Å². The molecule has 0 saturated carbocycles. The lowest BCUT2D eigenvalue weighted by Crippen LogP contribution is -2.49. The maximum Gasteiger partial charge on any atom is 0.246 e. The fraction of sp³-hybridized carbons (Fsp3) is 0.211. The molecule has 8 heteroatoms. The van der Waals surface area contributed by atoms with Crippen LogP contribution in [-0.2, 0) is 4.79 Å². The minimum Gasteiger partial charge on any atom is -0.363 e. The number of hydrogen-bond acceptors (Lipinski definition) is 2. The number of nitrogens with zero attached hydrogens (tertiary/aromatic N) is 2. The van der Waals surface area contributed by atoms with Crippen LogP contribution < -0.4 is 4.90 Å². The van der Waals surface area contributed by atoms with Crippen LogP contribution in [0.5, 0.6) is 0 Å². The predicted molar refractivity (Wildman–Crippen MR) is 90.5 cm³/mol. The van der Waals surface area contributed by atoms with Crippen molar-refractivity contribution in [3.63, 3.8) is 0 Å². The molecule has 1 fully saturated rings. The SMILES string of the molecule is O=C(/C=C/c1ccccc1)N1CCN(c2c(F)c(F)c(F)c(F)c2F)CC1. The first-order valence-electron chi connectivity index (χ1n) is 8.18. The molecule has 3 nitrogen and oxygen atoms in total. The minimum absolute atomic E-state index is 0.0523. The Morgan fingerprint density at radius 3 is 1.85 bits per heavy atom. The van der Waals surface area contributed by atoms with Crippen molar-refractivity contribution in [3.05, 3.63) is 71.1 Å². The number of anilines is 1. The summed E-state index contributed by atoms with van der Waals surface area (Å²) in [5.41, 5.74) is -0.121. The van der Waals surface area contributed by atoms with Gasteiger partial charge in [-0.3, -0.25) is 4.79 Å². The van der Waals surface area contributed by atoms with Gasteiger partial charge in [0.05, 0.1) is 0 Å². The molecular weight excluding hydrogens is 367 g/mol. The summed E-state index contributed by atoms with van der Waals surface area (Å²) in [5, 5.41) is 0. The van der Waals surface area contributed by atoms with Gasteiger partial charge < -0.3 is 9.80 Å². The van der Waals surface area contributed by atoms with Crippen molar-refractivity contribution in [1.82, 2.24) is 4.90 Å². The lowest BCUT2D eigenvalue weighted by Gasteiger charge is -2.36. The molecule has 2 aromatic rings. The lowest BCUT2D eigenvalue weighted by molar-refractivity contribution is -0.126. The van der Waals surface area contributed by atoms with E-state index in [1.54, 1.807) is 6.08 Å². The summed E-state index contributed by atoms with van der Waals surface area (Å²) in [6, 6.07) is 9.15. The zero-order chi connectivity index (χ0) is 19.6. The van der Waals surface area contributed by atoms with E-state index < -0.39 is 34.8 Å². The van der Waals surface area contributed by atoms with Crippen LogP contribution in [0.25, 0.3) is 6.08 Å². The third-order valence-corrected chi connectivity index (χ3v) is 4.31. The molecule has 0 N–H and O–H groups in total. The van der Waals surface area contributed by atoms with E-state index in [9.17, 15) is 26.7 Å². The van der Waals surface area contributed by atoms with E-state index in [2.05, 4.69) is 0 Å². The van der Waals surface area contributed by atoms with Crippen LogP contribution in [-0.4, -0.2) is 37.0 Å². The van der Waals surface area contributed by atoms with Crippen molar-refractivity contribution < 1.29 is 26.7 Å². The van der Waals surface area contributed by atoms with Gasteiger partial charge >= 0.3 is 0 Å². The summed E-state index contributed by atoms with van der Waals surface area (Å²) in [6.07, 6.45) is 3.02. The van der Waals surface area contributed by atoms with Gasteiger partial charge in [0, 0.05) is 32.3 Å². The molecule has 0 aliphatic carbocycles. The van der Waals surface area contributed by atoms with Crippen molar-refractivity contribution in [3.8, 4) is 0 Å². The van der Waals surface area contributed by atoms with Gasteiger partial charge in [-0.25, -0.2) is 22.0 Å². The van der Waals surface area contributed by atoms with E-state index in [-0.39, 0.29) is 32.1 Å². The van der Waals surface area contributed by atoms with Crippen molar-refractivity contribution in [1.29, 1.82) is 0 Å². The molecule has 1 amide bonds. The second kappa shape index (κ2) is 7.77. The quantitative estimate of drug-likeness (QED) is 0.350. The predicted octanol–water partition coefficient (Wildman–Crippen LogP) is 3.74. The smallest absolute Gasteiger partial charge is 0.246 e. The molecule has 0 aromatic heterocycles. The fourth-order valence-electron chi connectivity index (χ4n) is 2.86. The molecule has 142 valence electrons. The average molecular weight is 382 g/mol. The number of halogens is 5. The van der Waals surface area contributed by atoms with Gasteiger partial charge in [-0.1, -0.05) is 30.3 Å². The number of amides is 1. The van der Waals surface area contributed by atoms with Crippen molar-refractivity contribution in [2.24, 2.45) is 0 Å². The second-order valence-corrected chi connectivity index (χ2v) is 5.97. The monoisotopic (exact) mass is 382 g/mol. The Labute approximate surface area is 152 Å². The van der Waals surface area contributed by atoms with Gasteiger partial charge in [-0.05, 0) is 11.6 Å². The molecule has 1 saturated heterocycles. The molecule has 1 aliphatic heterocycles. The van der Waals surface area contributed by atoms with Crippen molar-refractivity contribution >= 4 is 17.7 Å². The molecule has 1 heterocycles. The van der Waals surface area contributed by atoms with E-state index in [1.807, 2.05) is 30.3 Å². The molecule has 0 bridgehead atoms. The molecule has 0 radical (unpaired) electrons.